The lowest BCUT2D eigenvalue weighted by Gasteiger charge is -2.30. The molecule has 0 aromatic carbocycles. The van der Waals surface area contributed by atoms with Gasteiger partial charge in [0.1, 0.15) is 0 Å². The molecule has 1 fully saturated rings. The van der Waals surface area contributed by atoms with Gasteiger partial charge in [-0.25, -0.2) is 4.98 Å². The van der Waals surface area contributed by atoms with E-state index in [9.17, 15) is 0 Å². The van der Waals surface area contributed by atoms with Crippen LogP contribution in [-0.2, 0) is 11.2 Å². The Morgan fingerprint density at radius 2 is 2.53 bits per heavy atom. The van der Waals surface area contributed by atoms with Crippen molar-refractivity contribution < 1.29 is 4.74 Å². The number of rotatable bonds is 5. The summed E-state index contributed by atoms with van der Waals surface area (Å²) in [6.45, 7) is 6.97. The highest BCUT2D eigenvalue weighted by atomic mass is 32.1. The summed E-state index contributed by atoms with van der Waals surface area (Å²) in [5, 5.41) is 3.47. The number of morpholine rings is 1. The van der Waals surface area contributed by atoms with Gasteiger partial charge in [-0.05, 0) is 20.4 Å². The Labute approximate surface area is 107 Å². The third-order valence-electron chi connectivity index (χ3n) is 3.09. The van der Waals surface area contributed by atoms with Gasteiger partial charge in [-0.3, -0.25) is 0 Å². The van der Waals surface area contributed by atoms with E-state index < -0.39 is 0 Å². The predicted octanol–water partition coefficient (Wildman–Crippen LogP) is 0.914. The van der Waals surface area contributed by atoms with Gasteiger partial charge >= 0.3 is 0 Å². The largest absolute Gasteiger partial charge is 0.374 e. The lowest BCUT2D eigenvalue weighted by Crippen LogP contribution is -2.45. The van der Waals surface area contributed by atoms with E-state index in [2.05, 4.69) is 29.2 Å². The van der Waals surface area contributed by atoms with Crippen LogP contribution in [0.3, 0.4) is 0 Å². The molecule has 0 bridgehead atoms. The zero-order valence-electron chi connectivity index (χ0n) is 10.6. The third kappa shape index (κ3) is 4.03. The normalized spacial score (nSPS) is 21.9. The minimum absolute atomic E-state index is 0.344. The summed E-state index contributed by atoms with van der Waals surface area (Å²) in [5.74, 6) is 0. The molecule has 1 N–H and O–H groups in total. The van der Waals surface area contributed by atoms with Crippen molar-refractivity contribution in [1.82, 2.24) is 15.2 Å². The lowest BCUT2D eigenvalue weighted by atomic mass is 10.2. The van der Waals surface area contributed by atoms with Crippen LogP contribution in [0.2, 0.25) is 0 Å². The van der Waals surface area contributed by atoms with Gasteiger partial charge in [0.05, 0.1) is 23.9 Å². The molecule has 1 saturated heterocycles. The highest BCUT2D eigenvalue weighted by molar-refractivity contribution is 7.09. The van der Waals surface area contributed by atoms with Crippen molar-refractivity contribution in [3.05, 3.63) is 16.1 Å². The molecule has 2 rings (SSSR count). The number of hydrogen-bond donors (Lipinski definition) is 1. The van der Waals surface area contributed by atoms with Crippen LogP contribution in [0.25, 0.3) is 0 Å². The van der Waals surface area contributed by atoms with Crippen LogP contribution in [-0.4, -0.2) is 55.8 Å². The average Bonchev–Trinajstić information content (AvgIpc) is 2.71. The molecular weight excluding hydrogens is 234 g/mol. The number of nitrogens with one attached hydrogen (secondary N) is 1. The molecule has 1 aliphatic heterocycles. The molecule has 0 amide bonds. The van der Waals surface area contributed by atoms with Gasteiger partial charge in [-0.1, -0.05) is 0 Å². The van der Waals surface area contributed by atoms with Crippen molar-refractivity contribution in [3.8, 4) is 0 Å². The van der Waals surface area contributed by atoms with E-state index in [0.717, 1.165) is 39.2 Å². The molecular formula is C12H21N3OS. The van der Waals surface area contributed by atoms with Crippen LogP contribution in [0.4, 0.5) is 0 Å². The quantitative estimate of drug-likeness (QED) is 0.794. The van der Waals surface area contributed by atoms with Crippen LogP contribution < -0.4 is 5.32 Å². The second-order valence-corrected chi connectivity index (χ2v) is 5.51. The van der Waals surface area contributed by atoms with Gasteiger partial charge in [0, 0.05) is 31.1 Å². The molecule has 1 aromatic heterocycles. The summed E-state index contributed by atoms with van der Waals surface area (Å²) >= 11 is 1.75. The van der Waals surface area contributed by atoms with Crippen molar-refractivity contribution in [2.75, 3.05) is 39.8 Å². The van der Waals surface area contributed by atoms with E-state index in [0.29, 0.717) is 6.10 Å². The molecule has 5 heteroatoms. The number of hydrogen-bond acceptors (Lipinski definition) is 5. The molecule has 2 heterocycles. The summed E-state index contributed by atoms with van der Waals surface area (Å²) in [4.78, 5) is 7.97. The maximum absolute atomic E-state index is 5.70. The molecule has 96 valence electrons. The van der Waals surface area contributed by atoms with Crippen LogP contribution in [0.5, 0.6) is 0 Å². The smallest absolute Gasteiger partial charge is 0.0826 e. The zero-order chi connectivity index (χ0) is 12.1. The van der Waals surface area contributed by atoms with Gasteiger partial charge in [0.15, 0.2) is 0 Å². The highest BCUT2D eigenvalue weighted by Gasteiger charge is 2.16. The fraction of sp³-hybridized carbons (Fsp3) is 0.750. The van der Waals surface area contributed by atoms with Gasteiger partial charge in [0.2, 0.25) is 0 Å². The van der Waals surface area contributed by atoms with E-state index in [1.165, 1.54) is 10.6 Å². The van der Waals surface area contributed by atoms with Gasteiger partial charge in [-0.15, -0.1) is 11.3 Å². The Morgan fingerprint density at radius 3 is 3.24 bits per heavy atom. The molecule has 0 radical (unpaired) electrons. The molecule has 1 aromatic rings. The molecule has 0 saturated carbocycles. The molecule has 1 unspecified atom stereocenters. The Bertz CT molecular complexity index is 342. The third-order valence-corrected chi connectivity index (χ3v) is 4.08. The van der Waals surface area contributed by atoms with Gasteiger partial charge < -0.3 is 15.0 Å². The number of likely N-dealkylation sites (N-methyl/N-ethyl adjacent to an activating group) is 1. The van der Waals surface area contributed by atoms with E-state index in [4.69, 9.17) is 4.74 Å². The molecule has 1 aliphatic rings. The summed E-state index contributed by atoms with van der Waals surface area (Å²) in [5.41, 5.74) is 3.09. The summed E-state index contributed by atoms with van der Waals surface area (Å²) in [6, 6.07) is 0. The number of aromatic nitrogens is 1. The summed E-state index contributed by atoms with van der Waals surface area (Å²) in [6.07, 6.45) is 1.41. The van der Waals surface area contributed by atoms with E-state index in [1.807, 2.05) is 5.51 Å². The second kappa shape index (κ2) is 6.44. The minimum Gasteiger partial charge on any atom is -0.374 e. The second-order valence-electron chi connectivity index (χ2n) is 4.57. The first-order chi connectivity index (χ1) is 8.25. The van der Waals surface area contributed by atoms with Gasteiger partial charge in [-0.2, -0.15) is 0 Å². The maximum atomic E-state index is 5.70. The summed E-state index contributed by atoms with van der Waals surface area (Å²) in [7, 11) is 2.15. The molecule has 0 aliphatic carbocycles. The van der Waals surface area contributed by atoms with E-state index in [1.54, 1.807) is 11.3 Å². The van der Waals surface area contributed by atoms with Crippen molar-refractivity contribution in [3.63, 3.8) is 0 Å². The topological polar surface area (TPSA) is 37.4 Å². The van der Waals surface area contributed by atoms with Crippen molar-refractivity contribution in [2.24, 2.45) is 0 Å². The van der Waals surface area contributed by atoms with Crippen molar-refractivity contribution >= 4 is 11.3 Å². The van der Waals surface area contributed by atoms with Gasteiger partial charge in [0.25, 0.3) is 0 Å². The predicted molar refractivity (Wildman–Crippen MR) is 70.7 cm³/mol. The van der Waals surface area contributed by atoms with E-state index >= 15 is 0 Å². The molecule has 1 atom stereocenters. The van der Waals surface area contributed by atoms with Crippen LogP contribution in [0, 0.1) is 6.92 Å². The molecule has 4 nitrogen and oxygen atoms in total. The Morgan fingerprint density at radius 1 is 1.65 bits per heavy atom. The van der Waals surface area contributed by atoms with Crippen LogP contribution in [0.1, 0.15) is 10.6 Å². The first-order valence-corrected chi connectivity index (χ1v) is 7.03. The Hall–Kier alpha value is -0.490. The monoisotopic (exact) mass is 255 g/mol. The maximum Gasteiger partial charge on any atom is 0.0826 e. The Kier molecular flexibility index (Phi) is 4.91. The zero-order valence-corrected chi connectivity index (χ0v) is 11.4. The number of ether oxygens (including phenoxy) is 1. The number of nitrogens with zero attached hydrogens (tertiary/aromatic N) is 2. The lowest BCUT2D eigenvalue weighted by molar-refractivity contribution is -0.0179. The Balaban J connectivity index is 1.61. The van der Waals surface area contributed by atoms with E-state index in [-0.39, 0.29) is 0 Å². The molecule has 0 spiro atoms. The first-order valence-electron chi connectivity index (χ1n) is 6.15. The summed E-state index contributed by atoms with van der Waals surface area (Å²) < 4.78 is 5.70. The highest BCUT2D eigenvalue weighted by Crippen LogP contribution is 2.11. The van der Waals surface area contributed by atoms with Crippen molar-refractivity contribution in [1.29, 1.82) is 0 Å². The number of thiazole rings is 1. The fourth-order valence-corrected chi connectivity index (χ4v) is 2.80. The number of aryl methyl sites for hydroxylation is 1. The fourth-order valence-electron chi connectivity index (χ4n) is 2.02. The minimum atomic E-state index is 0.344. The SMILES string of the molecule is Cc1ncsc1CCNCC1CN(C)CCO1. The van der Waals surface area contributed by atoms with Crippen molar-refractivity contribution in [2.45, 2.75) is 19.4 Å². The van der Waals surface area contributed by atoms with Crippen LogP contribution in [0.15, 0.2) is 5.51 Å². The first kappa shape index (κ1) is 13.0. The molecule has 17 heavy (non-hydrogen) atoms. The average molecular weight is 255 g/mol. The van der Waals surface area contributed by atoms with Crippen LogP contribution >= 0.6 is 11.3 Å². The standard InChI is InChI=1S/C12H21N3OS/c1-10-12(17-9-14-10)3-4-13-7-11-8-15(2)5-6-16-11/h9,11,13H,3-8H2,1-2H3.